The van der Waals surface area contributed by atoms with Gasteiger partial charge in [-0.05, 0) is 17.7 Å². The van der Waals surface area contributed by atoms with Gasteiger partial charge in [-0.3, -0.25) is 0 Å². The summed E-state index contributed by atoms with van der Waals surface area (Å²) >= 11 is 0. The second-order valence-electron chi connectivity index (χ2n) is 4.74. The molecule has 1 heteroatoms. The van der Waals surface area contributed by atoms with Gasteiger partial charge in [0.05, 0.1) is 20.6 Å². The molecule has 1 unspecified atom stereocenters. The molecule has 1 aromatic carbocycles. The number of likely N-dealkylation sites (N-methyl/N-ethyl adjacent to an activating group) is 1. The van der Waals surface area contributed by atoms with E-state index >= 15 is 0 Å². The van der Waals surface area contributed by atoms with Gasteiger partial charge in [0, 0.05) is 6.42 Å². The minimum atomic E-state index is 0.431. The van der Waals surface area contributed by atoms with E-state index in [2.05, 4.69) is 63.7 Å². The number of quaternary nitrogens is 1. The molecule has 0 aliphatic rings. The van der Waals surface area contributed by atoms with Crippen molar-refractivity contribution in [3.63, 3.8) is 0 Å². The van der Waals surface area contributed by atoms with E-state index in [1.807, 2.05) is 6.08 Å². The van der Waals surface area contributed by atoms with E-state index in [9.17, 15) is 0 Å². The maximum Gasteiger partial charge on any atom is 0.111 e. The van der Waals surface area contributed by atoms with E-state index in [0.717, 1.165) is 17.4 Å². The van der Waals surface area contributed by atoms with Crippen molar-refractivity contribution in [2.45, 2.75) is 12.5 Å². The van der Waals surface area contributed by atoms with Gasteiger partial charge in [0.15, 0.2) is 0 Å². The molecule has 0 aromatic heterocycles. The second kappa shape index (κ2) is 5.66. The normalized spacial score (nSPS) is 13.1. The quantitative estimate of drug-likeness (QED) is 0.506. The summed E-state index contributed by atoms with van der Waals surface area (Å²) in [6, 6.07) is 11.0. The number of nitrogens with zero attached hydrogens (tertiary/aromatic N) is 1. The van der Waals surface area contributed by atoms with Gasteiger partial charge in [-0.15, -0.1) is 0 Å². The maximum absolute atomic E-state index is 3.96. The minimum absolute atomic E-state index is 0.431. The van der Waals surface area contributed by atoms with E-state index in [1.165, 1.54) is 5.56 Å². The molecule has 0 radical (unpaired) electrons. The fourth-order valence-corrected chi connectivity index (χ4v) is 1.94. The molecule has 0 fully saturated rings. The predicted octanol–water partition coefficient (Wildman–Crippen LogP) is 3.05. The lowest BCUT2D eigenvalue weighted by molar-refractivity contribution is -0.902. The van der Waals surface area contributed by atoms with Crippen LogP contribution in [0.25, 0.3) is 0 Å². The van der Waals surface area contributed by atoms with Crippen LogP contribution in [-0.4, -0.2) is 31.2 Å². The summed E-state index contributed by atoms with van der Waals surface area (Å²) in [6.07, 6.45) is 5.06. The molecule has 0 bridgehead atoms. The van der Waals surface area contributed by atoms with Crippen molar-refractivity contribution in [2.24, 2.45) is 0 Å². The molecule has 1 nitrogen and oxygen atoms in total. The van der Waals surface area contributed by atoms with Gasteiger partial charge in [-0.25, -0.2) is 0 Å². The van der Waals surface area contributed by atoms with E-state index in [4.69, 9.17) is 0 Å². The Balaban J connectivity index is 2.76. The first-order valence-electron chi connectivity index (χ1n) is 5.70. The average Bonchev–Trinajstić information content (AvgIpc) is 2.27. The summed E-state index contributed by atoms with van der Waals surface area (Å²) in [4.78, 5) is 0. The van der Waals surface area contributed by atoms with E-state index < -0.39 is 0 Å². The Morgan fingerprint density at radius 2 is 1.81 bits per heavy atom. The third-order valence-corrected chi connectivity index (χ3v) is 3.06. The van der Waals surface area contributed by atoms with Crippen LogP contribution in [0.2, 0.25) is 0 Å². The van der Waals surface area contributed by atoms with Crippen LogP contribution in [0.5, 0.6) is 0 Å². The summed E-state index contributed by atoms with van der Waals surface area (Å²) in [6.45, 7) is 8.74. The number of hydrogen-bond acceptors (Lipinski definition) is 0. The van der Waals surface area contributed by atoms with Crippen molar-refractivity contribution in [3.8, 4) is 0 Å². The Morgan fingerprint density at radius 3 is 2.31 bits per heavy atom. The van der Waals surface area contributed by atoms with Crippen LogP contribution in [0.3, 0.4) is 0 Å². The highest BCUT2D eigenvalue weighted by Gasteiger charge is 2.23. The molecule has 1 rings (SSSR count). The zero-order valence-corrected chi connectivity index (χ0v) is 10.4. The third kappa shape index (κ3) is 3.35. The van der Waals surface area contributed by atoms with Gasteiger partial charge in [0.2, 0.25) is 0 Å². The van der Waals surface area contributed by atoms with Gasteiger partial charge in [-0.2, -0.15) is 0 Å². The molecule has 86 valence electrons. The van der Waals surface area contributed by atoms with Crippen molar-refractivity contribution in [2.75, 3.05) is 20.6 Å². The van der Waals surface area contributed by atoms with Crippen LogP contribution in [0.4, 0.5) is 0 Å². The average molecular weight is 216 g/mol. The molecule has 1 atom stereocenters. The maximum atomic E-state index is 3.96. The third-order valence-electron chi connectivity index (χ3n) is 3.06. The Labute approximate surface area is 99.3 Å². The Hall–Kier alpha value is -1.34. The van der Waals surface area contributed by atoms with Crippen LogP contribution in [-0.2, 0) is 6.42 Å². The first kappa shape index (κ1) is 12.7. The van der Waals surface area contributed by atoms with Crippen molar-refractivity contribution < 1.29 is 4.48 Å². The summed E-state index contributed by atoms with van der Waals surface area (Å²) in [5.41, 5.74) is 1.36. The summed E-state index contributed by atoms with van der Waals surface area (Å²) in [7, 11) is 4.44. The largest absolute Gasteiger partial charge is 0.319 e. The van der Waals surface area contributed by atoms with Crippen LogP contribution in [0, 0.1) is 0 Å². The Bertz CT molecular complexity index is 338. The molecule has 0 aliphatic carbocycles. The molecule has 0 spiro atoms. The van der Waals surface area contributed by atoms with Gasteiger partial charge >= 0.3 is 0 Å². The molecule has 16 heavy (non-hydrogen) atoms. The minimum Gasteiger partial charge on any atom is -0.319 e. The highest BCUT2D eigenvalue weighted by molar-refractivity contribution is 5.16. The van der Waals surface area contributed by atoms with Gasteiger partial charge in [0.25, 0.3) is 0 Å². The first-order chi connectivity index (χ1) is 7.60. The van der Waals surface area contributed by atoms with Gasteiger partial charge < -0.3 is 4.48 Å². The fraction of sp³-hybridized carbons (Fsp3) is 0.333. The molecular weight excluding hydrogens is 194 g/mol. The smallest absolute Gasteiger partial charge is 0.111 e. The van der Waals surface area contributed by atoms with E-state index in [-0.39, 0.29) is 0 Å². The van der Waals surface area contributed by atoms with Crippen LogP contribution in [0.1, 0.15) is 5.56 Å². The standard InChI is InChI=1S/C15H22N/c1-5-12-16(3,4)15(6-2)13-14-10-8-7-9-11-14/h5-11,15H,1-2,12-13H2,3-4H3/q+1. The van der Waals surface area contributed by atoms with Crippen molar-refractivity contribution in [1.29, 1.82) is 0 Å². The van der Waals surface area contributed by atoms with E-state index in [1.54, 1.807) is 0 Å². The zero-order chi connectivity index (χ0) is 12.0. The van der Waals surface area contributed by atoms with E-state index in [0.29, 0.717) is 6.04 Å². The molecule has 0 aliphatic heterocycles. The van der Waals surface area contributed by atoms with Crippen LogP contribution < -0.4 is 0 Å². The lowest BCUT2D eigenvalue weighted by atomic mass is 10.0. The zero-order valence-electron chi connectivity index (χ0n) is 10.4. The Morgan fingerprint density at radius 1 is 1.19 bits per heavy atom. The summed E-state index contributed by atoms with van der Waals surface area (Å²) in [5.74, 6) is 0. The first-order valence-corrected chi connectivity index (χ1v) is 5.70. The predicted molar refractivity (Wildman–Crippen MR) is 71.3 cm³/mol. The lowest BCUT2D eigenvalue weighted by Crippen LogP contribution is -2.48. The molecule has 0 heterocycles. The number of benzene rings is 1. The van der Waals surface area contributed by atoms with Crippen molar-refractivity contribution in [1.82, 2.24) is 0 Å². The van der Waals surface area contributed by atoms with Crippen molar-refractivity contribution in [3.05, 3.63) is 61.2 Å². The highest BCUT2D eigenvalue weighted by Crippen LogP contribution is 2.14. The summed E-state index contributed by atoms with van der Waals surface area (Å²) in [5, 5.41) is 0. The SMILES string of the molecule is C=CC[N+](C)(C)C(C=C)Cc1ccccc1. The molecule has 0 saturated heterocycles. The molecule has 1 aromatic rings. The highest BCUT2D eigenvalue weighted by atomic mass is 15.3. The number of rotatable bonds is 6. The van der Waals surface area contributed by atoms with Crippen LogP contribution in [0.15, 0.2) is 55.6 Å². The molecule has 0 amide bonds. The van der Waals surface area contributed by atoms with Gasteiger partial charge in [0.1, 0.15) is 6.04 Å². The monoisotopic (exact) mass is 216 g/mol. The van der Waals surface area contributed by atoms with Crippen LogP contribution >= 0.6 is 0 Å². The van der Waals surface area contributed by atoms with Gasteiger partial charge in [-0.1, -0.05) is 43.5 Å². The molecular formula is C15H22N+. The second-order valence-corrected chi connectivity index (χ2v) is 4.74. The summed E-state index contributed by atoms with van der Waals surface area (Å²) < 4.78 is 0.905. The lowest BCUT2D eigenvalue weighted by Gasteiger charge is -2.35. The fourth-order valence-electron chi connectivity index (χ4n) is 1.94. The molecule has 0 saturated carbocycles. The topological polar surface area (TPSA) is 0 Å². The Kier molecular flexibility index (Phi) is 4.51. The van der Waals surface area contributed by atoms with Crippen molar-refractivity contribution >= 4 is 0 Å². The molecule has 0 N–H and O–H groups in total. The number of hydrogen-bond donors (Lipinski definition) is 0.